The average Bonchev–Trinajstić information content (AvgIpc) is 2.83. The van der Waals surface area contributed by atoms with Crippen molar-refractivity contribution in [3.05, 3.63) is 54.0 Å². The van der Waals surface area contributed by atoms with Crippen molar-refractivity contribution in [3.63, 3.8) is 0 Å². The molecule has 2 aromatic rings. The Labute approximate surface area is 97.9 Å². The molecule has 0 atom stereocenters. The largest absolute Gasteiger partial charge is 0.508 e. The SMILES string of the molecule is N/C(=N\N=C\c1ccco1)c1ccc(O)cc1. The van der Waals surface area contributed by atoms with E-state index in [9.17, 15) is 0 Å². The molecule has 2 rings (SSSR count). The van der Waals surface area contributed by atoms with Gasteiger partial charge in [0.1, 0.15) is 11.5 Å². The highest BCUT2D eigenvalue weighted by Gasteiger charge is 1.97. The molecule has 0 aliphatic rings. The summed E-state index contributed by atoms with van der Waals surface area (Å²) in [6, 6.07) is 9.92. The molecule has 0 amide bonds. The summed E-state index contributed by atoms with van der Waals surface area (Å²) in [5.41, 5.74) is 6.40. The van der Waals surface area contributed by atoms with Crippen LogP contribution in [0.15, 0.2) is 57.3 Å². The van der Waals surface area contributed by atoms with Gasteiger partial charge in [-0.25, -0.2) is 0 Å². The maximum absolute atomic E-state index is 9.12. The lowest BCUT2D eigenvalue weighted by Gasteiger charge is -1.97. The smallest absolute Gasteiger partial charge is 0.153 e. The lowest BCUT2D eigenvalue weighted by Crippen LogP contribution is -2.12. The molecular weight excluding hydrogens is 218 g/mol. The van der Waals surface area contributed by atoms with Crippen molar-refractivity contribution in [2.75, 3.05) is 0 Å². The molecule has 0 unspecified atom stereocenters. The monoisotopic (exact) mass is 229 g/mol. The number of amidine groups is 1. The molecule has 1 aromatic carbocycles. The van der Waals surface area contributed by atoms with Crippen molar-refractivity contribution in [2.45, 2.75) is 0 Å². The van der Waals surface area contributed by atoms with Crippen LogP contribution in [0, 0.1) is 0 Å². The van der Waals surface area contributed by atoms with E-state index in [-0.39, 0.29) is 11.6 Å². The highest BCUT2D eigenvalue weighted by molar-refractivity contribution is 5.97. The molecule has 0 radical (unpaired) electrons. The summed E-state index contributed by atoms with van der Waals surface area (Å²) in [5, 5.41) is 16.7. The molecule has 86 valence electrons. The molecule has 0 fully saturated rings. The summed E-state index contributed by atoms with van der Waals surface area (Å²) in [6.45, 7) is 0. The Bertz CT molecular complexity index is 527. The number of aromatic hydroxyl groups is 1. The van der Waals surface area contributed by atoms with Crippen LogP contribution < -0.4 is 5.73 Å². The Kier molecular flexibility index (Phi) is 3.20. The van der Waals surface area contributed by atoms with Crippen LogP contribution in [0.1, 0.15) is 11.3 Å². The van der Waals surface area contributed by atoms with E-state index in [1.165, 1.54) is 18.3 Å². The van der Waals surface area contributed by atoms with Crippen LogP contribution in [-0.2, 0) is 0 Å². The minimum absolute atomic E-state index is 0.181. The van der Waals surface area contributed by atoms with E-state index in [1.54, 1.807) is 30.5 Å². The number of hydrogen-bond donors (Lipinski definition) is 2. The third-order valence-electron chi connectivity index (χ3n) is 2.06. The molecule has 0 saturated heterocycles. The van der Waals surface area contributed by atoms with Gasteiger partial charge in [-0.1, -0.05) is 0 Å². The van der Waals surface area contributed by atoms with Crippen molar-refractivity contribution < 1.29 is 9.52 Å². The fourth-order valence-corrected chi connectivity index (χ4v) is 1.20. The summed E-state index contributed by atoms with van der Waals surface area (Å²) >= 11 is 0. The standard InChI is InChI=1S/C12H11N3O2/c13-12(9-3-5-10(16)6-4-9)15-14-8-11-2-1-7-17-11/h1-8,16H,(H2,13,15)/b14-8+. The molecule has 0 aliphatic heterocycles. The molecule has 0 bridgehead atoms. The quantitative estimate of drug-likeness (QED) is 0.477. The van der Waals surface area contributed by atoms with E-state index in [2.05, 4.69) is 10.2 Å². The normalized spacial score (nSPS) is 12.1. The van der Waals surface area contributed by atoms with Gasteiger partial charge in [-0.15, -0.1) is 5.10 Å². The summed E-state index contributed by atoms with van der Waals surface area (Å²) < 4.78 is 5.04. The maximum Gasteiger partial charge on any atom is 0.153 e. The molecular formula is C12H11N3O2. The van der Waals surface area contributed by atoms with Gasteiger partial charge in [0, 0.05) is 5.56 Å². The van der Waals surface area contributed by atoms with Gasteiger partial charge in [-0.05, 0) is 36.4 Å². The van der Waals surface area contributed by atoms with Crippen LogP contribution in [0.5, 0.6) is 5.75 Å². The second kappa shape index (κ2) is 4.98. The topological polar surface area (TPSA) is 84.1 Å². The van der Waals surface area contributed by atoms with Crippen molar-refractivity contribution in [1.82, 2.24) is 0 Å². The first-order valence-corrected chi connectivity index (χ1v) is 4.95. The van der Waals surface area contributed by atoms with Gasteiger partial charge in [0.2, 0.25) is 0 Å². The molecule has 5 nitrogen and oxygen atoms in total. The molecule has 3 N–H and O–H groups in total. The number of furan rings is 1. The predicted molar refractivity (Wildman–Crippen MR) is 65.1 cm³/mol. The lowest BCUT2D eigenvalue weighted by molar-refractivity contribution is 0.475. The van der Waals surface area contributed by atoms with E-state index in [1.807, 2.05) is 0 Å². The van der Waals surface area contributed by atoms with Crippen LogP contribution in [0.4, 0.5) is 0 Å². The summed E-state index contributed by atoms with van der Waals surface area (Å²) in [5.74, 6) is 1.06. The zero-order valence-electron chi connectivity index (χ0n) is 8.95. The Balaban J connectivity index is 2.09. The summed E-state index contributed by atoms with van der Waals surface area (Å²) in [4.78, 5) is 0. The Morgan fingerprint density at radius 1 is 1.24 bits per heavy atom. The van der Waals surface area contributed by atoms with Gasteiger partial charge in [0.05, 0.1) is 12.5 Å². The first-order chi connectivity index (χ1) is 8.25. The fourth-order valence-electron chi connectivity index (χ4n) is 1.20. The van der Waals surface area contributed by atoms with Crippen molar-refractivity contribution in [3.8, 4) is 5.75 Å². The van der Waals surface area contributed by atoms with E-state index in [0.717, 1.165) is 0 Å². The van der Waals surface area contributed by atoms with Crippen LogP contribution >= 0.6 is 0 Å². The van der Waals surface area contributed by atoms with Gasteiger partial charge >= 0.3 is 0 Å². The minimum Gasteiger partial charge on any atom is -0.508 e. The van der Waals surface area contributed by atoms with Crippen LogP contribution in [0.25, 0.3) is 0 Å². The third-order valence-corrected chi connectivity index (χ3v) is 2.06. The van der Waals surface area contributed by atoms with E-state index >= 15 is 0 Å². The second-order valence-corrected chi connectivity index (χ2v) is 3.29. The molecule has 0 spiro atoms. The number of phenolic OH excluding ortho intramolecular Hbond substituents is 1. The molecule has 0 aliphatic carbocycles. The van der Waals surface area contributed by atoms with E-state index < -0.39 is 0 Å². The Hall–Kier alpha value is -2.56. The van der Waals surface area contributed by atoms with Gasteiger partial charge < -0.3 is 15.3 Å². The van der Waals surface area contributed by atoms with E-state index in [0.29, 0.717) is 11.3 Å². The number of nitrogens with zero attached hydrogens (tertiary/aromatic N) is 2. The number of benzene rings is 1. The van der Waals surface area contributed by atoms with Crippen molar-refractivity contribution in [2.24, 2.45) is 15.9 Å². The molecule has 1 heterocycles. The van der Waals surface area contributed by atoms with Crippen molar-refractivity contribution in [1.29, 1.82) is 0 Å². The number of rotatable bonds is 3. The molecule has 5 heteroatoms. The predicted octanol–water partition coefficient (Wildman–Crippen LogP) is 1.72. The molecule has 1 aromatic heterocycles. The average molecular weight is 229 g/mol. The molecule has 0 saturated carbocycles. The summed E-state index contributed by atoms with van der Waals surface area (Å²) in [6.07, 6.45) is 3.02. The Morgan fingerprint density at radius 3 is 2.65 bits per heavy atom. The second-order valence-electron chi connectivity index (χ2n) is 3.29. The van der Waals surface area contributed by atoms with Crippen LogP contribution in [0.2, 0.25) is 0 Å². The maximum atomic E-state index is 9.12. The number of hydrogen-bond acceptors (Lipinski definition) is 4. The zero-order valence-corrected chi connectivity index (χ0v) is 8.95. The lowest BCUT2D eigenvalue weighted by atomic mass is 10.2. The molecule has 17 heavy (non-hydrogen) atoms. The number of phenols is 1. The third kappa shape index (κ3) is 2.94. The zero-order chi connectivity index (χ0) is 12.1. The van der Waals surface area contributed by atoms with Crippen LogP contribution in [0.3, 0.4) is 0 Å². The summed E-state index contributed by atoms with van der Waals surface area (Å²) in [7, 11) is 0. The minimum atomic E-state index is 0.181. The van der Waals surface area contributed by atoms with Gasteiger partial charge in [-0.2, -0.15) is 5.10 Å². The highest BCUT2D eigenvalue weighted by Crippen LogP contribution is 2.09. The Morgan fingerprint density at radius 2 is 2.00 bits per heavy atom. The van der Waals surface area contributed by atoms with Gasteiger partial charge in [0.15, 0.2) is 5.84 Å². The first-order valence-electron chi connectivity index (χ1n) is 4.95. The fraction of sp³-hybridized carbons (Fsp3) is 0. The highest BCUT2D eigenvalue weighted by atomic mass is 16.3. The first kappa shape index (κ1) is 10.9. The van der Waals surface area contributed by atoms with E-state index in [4.69, 9.17) is 15.3 Å². The van der Waals surface area contributed by atoms with Crippen LogP contribution in [-0.4, -0.2) is 17.2 Å². The number of nitrogens with two attached hydrogens (primary N) is 1. The van der Waals surface area contributed by atoms with Gasteiger partial charge in [-0.3, -0.25) is 0 Å². The van der Waals surface area contributed by atoms with Crippen molar-refractivity contribution >= 4 is 12.1 Å². The van der Waals surface area contributed by atoms with Gasteiger partial charge in [0.25, 0.3) is 0 Å².